The zero-order valence-electron chi connectivity index (χ0n) is 9.99. The van der Waals surface area contributed by atoms with Crippen LogP contribution in [0.5, 0.6) is 5.75 Å². The van der Waals surface area contributed by atoms with Gasteiger partial charge in [0, 0.05) is 6.04 Å². The zero-order valence-corrected chi connectivity index (χ0v) is 9.99. The molecule has 0 spiro atoms. The van der Waals surface area contributed by atoms with Gasteiger partial charge in [-0.3, -0.25) is 0 Å². The molecule has 2 nitrogen and oxygen atoms in total. The van der Waals surface area contributed by atoms with Crippen LogP contribution in [0.1, 0.15) is 44.1 Å². The van der Waals surface area contributed by atoms with E-state index >= 15 is 0 Å². The fourth-order valence-electron chi connectivity index (χ4n) is 2.40. The monoisotopic (exact) mass is 219 g/mol. The van der Waals surface area contributed by atoms with E-state index in [1.807, 2.05) is 6.07 Å². The number of nitrogens with two attached hydrogens (primary N) is 1. The fourth-order valence-corrected chi connectivity index (χ4v) is 2.40. The molecule has 0 radical (unpaired) electrons. The van der Waals surface area contributed by atoms with Crippen LogP contribution in [-0.2, 0) is 0 Å². The smallest absolute Gasteiger partial charge is 0.122 e. The Balaban J connectivity index is 1.96. The molecule has 0 fully saturated rings. The molecule has 0 aromatic heterocycles. The molecule has 2 atom stereocenters. The summed E-state index contributed by atoms with van der Waals surface area (Å²) in [6.07, 6.45) is 4.73. The van der Waals surface area contributed by atoms with Crippen LogP contribution in [0.25, 0.3) is 0 Å². The van der Waals surface area contributed by atoms with Gasteiger partial charge in [0.1, 0.15) is 5.75 Å². The largest absolute Gasteiger partial charge is 0.493 e. The third-order valence-electron chi connectivity index (χ3n) is 3.29. The molecule has 1 heterocycles. The molecule has 2 N–H and O–H groups in total. The Labute approximate surface area is 97.8 Å². The summed E-state index contributed by atoms with van der Waals surface area (Å²) in [5.74, 6) is 1.75. The second kappa shape index (κ2) is 5.35. The summed E-state index contributed by atoms with van der Waals surface area (Å²) in [6.45, 7) is 2.94. The van der Waals surface area contributed by atoms with E-state index in [0.29, 0.717) is 12.0 Å². The van der Waals surface area contributed by atoms with Crippen LogP contribution in [0.2, 0.25) is 0 Å². The Morgan fingerprint density at radius 3 is 3.06 bits per heavy atom. The van der Waals surface area contributed by atoms with Crippen LogP contribution in [0.3, 0.4) is 0 Å². The van der Waals surface area contributed by atoms with Gasteiger partial charge in [-0.15, -0.1) is 0 Å². The molecule has 2 heteroatoms. The minimum absolute atomic E-state index is 0.329. The van der Waals surface area contributed by atoms with Crippen LogP contribution in [0, 0.1) is 0 Å². The molecule has 1 aliphatic heterocycles. The minimum Gasteiger partial charge on any atom is -0.493 e. The summed E-state index contributed by atoms with van der Waals surface area (Å²) in [5, 5.41) is 0. The number of rotatable bonds is 4. The molecular formula is C14H21NO. The highest BCUT2D eigenvalue weighted by molar-refractivity contribution is 5.37. The van der Waals surface area contributed by atoms with Crippen molar-refractivity contribution < 1.29 is 4.74 Å². The molecule has 2 unspecified atom stereocenters. The van der Waals surface area contributed by atoms with E-state index < -0.39 is 0 Å². The molecular weight excluding hydrogens is 198 g/mol. The van der Waals surface area contributed by atoms with Crippen molar-refractivity contribution in [1.29, 1.82) is 0 Å². The van der Waals surface area contributed by atoms with E-state index in [4.69, 9.17) is 10.5 Å². The first-order valence-corrected chi connectivity index (χ1v) is 6.24. The first kappa shape index (κ1) is 11.5. The molecule has 1 aromatic carbocycles. The normalized spacial score (nSPS) is 21.0. The number of ether oxygens (including phenoxy) is 1. The van der Waals surface area contributed by atoms with E-state index in [1.54, 1.807) is 0 Å². The van der Waals surface area contributed by atoms with Crippen LogP contribution >= 0.6 is 0 Å². The maximum absolute atomic E-state index is 5.78. The summed E-state index contributed by atoms with van der Waals surface area (Å²) in [6, 6.07) is 8.75. The summed E-state index contributed by atoms with van der Waals surface area (Å²) in [7, 11) is 0. The summed E-state index contributed by atoms with van der Waals surface area (Å²) in [4.78, 5) is 0. The van der Waals surface area contributed by atoms with Crippen molar-refractivity contribution in [2.75, 3.05) is 6.61 Å². The third kappa shape index (κ3) is 2.76. The van der Waals surface area contributed by atoms with Gasteiger partial charge in [0.05, 0.1) is 6.61 Å². The summed E-state index contributed by atoms with van der Waals surface area (Å²) >= 11 is 0. The highest BCUT2D eigenvalue weighted by Gasteiger charge is 2.20. The summed E-state index contributed by atoms with van der Waals surface area (Å²) in [5.41, 5.74) is 7.17. The molecule has 1 aromatic rings. The van der Waals surface area contributed by atoms with Gasteiger partial charge < -0.3 is 10.5 Å². The molecule has 88 valence electrons. The quantitative estimate of drug-likeness (QED) is 0.844. The molecule has 2 rings (SSSR count). The van der Waals surface area contributed by atoms with Crippen LogP contribution < -0.4 is 10.5 Å². The lowest BCUT2D eigenvalue weighted by atomic mass is 9.88. The Kier molecular flexibility index (Phi) is 3.83. The number of para-hydroxylation sites is 1. The second-order valence-corrected chi connectivity index (χ2v) is 4.78. The van der Waals surface area contributed by atoms with Gasteiger partial charge in [0.2, 0.25) is 0 Å². The lowest BCUT2D eigenvalue weighted by Gasteiger charge is -2.26. The maximum atomic E-state index is 5.78. The van der Waals surface area contributed by atoms with E-state index in [-0.39, 0.29) is 0 Å². The van der Waals surface area contributed by atoms with Gasteiger partial charge in [-0.1, -0.05) is 24.6 Å². The van der Waals surface area contributed by atoms with Crippen molar-refractivity contribution >= 4 is 0 Å². The van der Waals surface area contributed by atoms with E-state index in [1.165, 1.54) is 18.4 Å². The van der Waals surface area contributed by atoms with Gasteiger partial charge in [-0.25, -0.2) is 0 Å². The number of hydrogen-bond donors (Lipinski definition) is 1. The van der Waals surface area contributed by atoms with Gasteiger partial charge in [-0.05, 0) is 43.7 Å². The molecule has 0 aliphatic carbocycles. The predicted octanol–water partition coefficient (Wildman–Crippen LogP) is 3.07. The average Bonchev–Trinajstić information content (AvgIpc) is 2.29. The van der Waals surface area contributed by atoms with Crippen LogP contribution in [0.4, 0.5) is 0 Å². The van der Waals surface area contributed by atoms with E-state index in [9.17, 15) is 0 Å². The molecule has 0 saturated heterocycles. The van der Waals surface area contributed by atoms with Crippen molar-refractivity contribution in [2.45, 2.75) is 44.6 Å². The Morgan fingerprint density at radius 2 is 2.25 bits per heavy atom. The predicted molar refractivity (Wildman–Crippen MR) is 66.8 cm³/mol. The SMILES string of the molecule is CC(N)CCCC1CCOc2ccccc21. The fraction of sp³-hybridized carbons (Fsp3) is 0.571. The maximum Gasteiger partial charge on any atom is 0.122 e. The first-order chi connectivity index (χ1) is 7.77. The van der Waals surface area contributed by atoms with Gasteiger partial charge >= 0.3 is 0 Å². The number of fused-ring (bicyclic) bond motifs is 1. The van der Waals surface area contributed by atoms with Crippen LogP contribution in [-0.4, -0.2) is 12.6 Å². The summed E-state index contributed by atoms with van der Waals surface area (Å²) < 4.78 is 5.66. The van der Waals surface area contributed by atoms with Crippen molar-refractivity contribution in [3.63, 3.8) is 0 Å². The van der Waals surface area contributed by atoms with E-state index in [0.717, 1.165) is 25.2 Å². The number of benzene rings is 1. The Bertz CT molecular complexity index is 335. The third-order valence-corrected chi connectivity index (χ3v) is 3.29. The van der Waals surface area contributed by atoms with Gasteiger partial charge in [0.25, 0.3) is 0 Å². The Hall–Kier alpha value is -1.02. The lowest BCUT2D eigenvalue weighted by Crippen LogP contribution is -2.17. The zero-order chi connectivity index (χ0) is 11.4. The van der Waals surface area contributed by atoms with Crippen molar-refractivity contribution in [2.24, 2.45) is 5.73 Å². The number of hydrogen-bond acceptors (Lipinski definition) is 2. The average molecular weight is 219 g/mol. The molecule has 0 amide bonds. The standard InChI is InChI=1S/C14H21NO/c1-11(15)5-4-6-12-9-10-16-14-8-3-2-7-13(12)14/h2-3,7-8,11-12H,4-6,9-10,15H2,1H3. The topological polar surface area (TPSA) is 35.2 Å². The van der Waals surface area contributed by atoms with Gasteiger partial charge in [0.15, 0.2) is 0 Å². The molecule has 0 bridgehead atoms. The highest BCUT2D eigenvalue weighted by Crippen LogP contribution is 2.36. The Morgan fingerprint density at radius 1 is 1.44 bits per heavy atom. The lowest BCUT2D eigenvalue weighted by molar-refractivity contribution is 0.261. The first-order valence-electron chi connectivity index (χ1n) is 6.24. The van der Waals surface area contributed by atoms with Crippen molar-refractivity contribution in [3.05, 3.63) is 29.8 Å². The molecule has 0 saturated carbocycles. The van der Waals surface area contributed by atoms with E-state index in [2.05, 4.69) is 25.1 Å². The highest BCUT2D eigenvalue weighted by atomic mass is 16.5. The van der Waals surface area contributed by atoms with Crippen molar-refractivity contribution in [3.8, 4) is 5.75 Å². The van der Waals surface area contributed by atoms with Gasteiger partial charge in [-0.2, -0.15) is 0 Å². The molecule has 1 aliphatic rings. The molecule has 16 heavy (non-hydrogen) atoms. The second-order valence-electron chi connectivity index (χ2n) is 4.78. The van der Waals surface area contributed by atoms with Crippen LogP contribution in [0.15, 0.2) is 24.3 Å². The minimum atomic E-state index is 0.329. The van der Waals surface area contributed by atoms with Crippen molar-refractivity contribution in [1.82, 2.24) is 0 Å².